The average Bonchev–Trinajstić information content (AvgIpc) is 1.82. The first-order valence-corrected chi connectivity index (χ1v) is 3.09. The zero-order valence-corrected chi connectivity index (χ0v) is 6.37. The standard InChI is InChI=1S/C5H6F6O2/c1-2-12-3(6)4(7,8)13-5(9,10)11/h3H,2H2,1H3. The topological polar surface area (TPSA) is 18.5 Å². The molecule has 0 saturated heterocycles. The molecule has 0 amide bonds. The van der Waals surface area contributed by atoms with Crippen molar-refractivity contribution in [3.05, 3.63) is 0 Å². The van der Waals surface area contributed by atoms with Crippen molar-refractivity contribution in [2.24, 2.45) is 0 Å². The maximum absolute atomic E-state index is 12.1. The lowest BCUT2D eigenvalue weighted by Gasteiger charge is -2.20. The number of rotatable bonds is 4. The first-order chi connectivity index (χ1) is 5.69. The van der Waals surface area contributed by atoms with E-state index in [1.54, 1.807) is 0 Å². The van der Waals surface area contributed by atoms with E-state index in [9.17, 15) is 26.3 Å². The summed E-state index contributed by atoms with van der Waals surface area (Å²) in [5.74, 6) is 0. The molecule has 80 valence electrons. The minimum atomic E-state index is -5.61. The Balaban J connectivity index is 4.21. The fourth-order valence-electron chi connectivity index (χ4n) is 0.444. The molecule has 0 heterocycles. The van der Waals surface area contributed by atoms with Gasteiger partial charge in [-0.25, -0.2) is 9.13 Å². The highest BCUT2D eigenvalue weighted by atomic mass is 19.4. The van der Waals surface area contributed by atoms with Crippen LogP contribution in [-0.2, 0) is 9.47 Å². The van der Waals surface area contributed by atoms with Crippen LogP contribution in [0, 0.1) is 0 Å². The van der Waals surface area contributed by atoms with Crippen molar-refractivity contribution in [3.8, 4) is 0 Å². The lowest BCUT2D eigenvalue weighted by molar-refractivity contribution is -0.455. The summed E-state index contributed by atoms with van der Waals surface area (Å²) in [5, 5.41) is 0. The van der Waals surface area contributed by atoms with Gasteiger partial charge in [-0.2, -0.15) is 8.78 Å². The van der Waals surface area contributed by atoms with Crippen molar-refractivity contribution in [2.75, 3.05) is 6.61 Å². The highest BCUT2D eigenvalue weighted by Gasteiger charge is 2.51. The minimum Gasteiger partial charge on any atom is -0.342 e. The van der Waals surface area contributed by atoms with Gasteiger partial charge in [0, 0.05) is 6.61 Å². The second kappa shape index (κ2) is 4.14. The summed E-state index contributed by atoms with van der Waals surface area (Å²) >= 11 is 0. The van der Waals surface area contributed by atoms with Crippen LogP contribution < -0.4 is 0 Å². The van der Waals surface area contributed by atoms with Gasteiger partial charge in [-0.15, -0.1) is 13.2 Å². The summed E-state index contributed by atoms with van der Waals surface area (Å²) in [6.45, 7) is 0.661. The van der Waals surface area contributed by atoms with Crippen LogP contribution in [0.25, 0.3) is 0 Å². The monoisotopic (exact) mass is 212 g/mol. The molecule has 2 nitrogen and oxygen atoms in total. The lowest BCUT2D eigenvalue weighted by Crippen LogP contribution is -2.39. The minimum absolute atomic E-state index is 0.488. The van der Waals surface area contributed by atoms with Gasteiger partial charge in [-0.1, -0.05) is 0 Å². The van der Waals surface area contributed by atoms with E-state index in [0.717, 1.165) is 6.92 Å². The van der Waals surface area contributed by atoms with Crippen molar-refractivity contribution in [1.29, 1.82) is 0 Å². The van der Waals surface area contributed by atoms with E-state index in [1.165, 1.54) is 0 Å². The molecule has 0 aliphatic carbocycles. The molecule has 0 radical (unpaired) electrons. The van der Waals surface area contributed by atoms with Gasteiger partial charge >= 0.3 is 12.5 Å². The lowest BCUT2D eigenvalue weighted by atomic mass is 10.6. The quantitative estimate of drug-likeness (QED) is 0.666. The largest absolute Gasteiger partial charge is 0.527 e. The summed E-state index contributed by atoms with van der Waals surface area (Å²) in [4.78, 5) is 0. The van der Waals surface area contributed by atoms with E-state index < -0.39 is 25.4 Å². The number of hydrogen-bond donors (Lipinski definition) is 0. The molecule has 1 unspecified atom stereocenters. The molecule has 1 atom stereocenters. The summed E-state index contributed by atoms with van der Waals surface area (Å²) < 4.78 is 75.7. The highest BCUT2D eigenvalue weighted by molar-refractivity contribution is 4.57. The van der Waals surface area contributed by atoms with E-state index >= 15 is 0 Å². The summed E-state index contributed by atoms with van der Waals surface area (Å²) in [5.41, 5.74) is 0. The van der Waals surface area contributed by atoms with E-state index in [1.807, 2.05) is 0 Å². The van der Waals surface area contributed by atoms with Gasteiger partial charge in [0.05, 0.1) is 0 Å². The van der Waals surface area contributed by atoms with Crippen LogP contribution in [0.2, 0.25) is 0 Å². The van der Waals surface area contributed by atoms with Gasteiger partial charge in [0.15, 0.2) is 0 Å². The third-order valence-electron chi connectivity index (χ3n) is 0.829. The molecular formula is C5H6F6O2. The van der Waals surface area contributed by atoms with Crippen LogP contribution in [0.4, 0.5) is 26.3 Å². The molecule has 0 aromatic heterocycles. The summed E-state index contributed by atoms with van der Waals surface area (Å²) in [6, 6.07) is 0. The maximum Gasteiger partial charge on any atom is 0.527 e. The van der Waals surface area contributed by atoms with Crippen molar-refractivity contribution >= 4 is 0 Å². The van der Waals surface area contributed by atoms with Crippen molar-refractivity contribution in [1.82, 2.24) is 0 Å². The molecule has 0 N–H and O–H groups in total. The number of ether oxygens (including phenoxy) is 2. The zero-order valence-electron chi connectivity index (χ0n) is 6.37. The Morgan fingerprint density at radius 3 is 1.92 bits per heavy atom. The Labute approximate surface area is 69.4 Å². The van der Waals surface area contributed by atoms with Gasteiger partial charge in [0.2, 0.25) is 0 Å². The molecule has 0 rings (SSSR count). The summed E-state index contributed by atoms with van der Waals surface area (Å²) in [7, 11) is 0. The highest BCUT2D eigenvalue weighted by Crippen LogP contribution is 2.32. The zero-order chi connectivity index (χ0) is 10.7. The molecule has 0 aliphatic rings. The van der Waals surface area contributed by atoms with Gasteiger partial charge in [0.25, 0.3) is 6.36 Å². The maximum atomic E-state index is 12.1. The van der Waals surface area contributed by atoms with Crippen LogP contribution >= 0.6 is 0 Å². The Kier molecular flexibility index (Phi) is 3.98. The fraction of sp³-hybridized carbons (Fsp3) is 1.00. The van der Waals surface area contributed by atoms with Crippen molar-refractivity contribution in [3.63, 3.8) is 0 Å². The average molecular weight is 212 g/mol. The van der Waals surface area contributed by atoms with Gasteiger partial charge in [-0.05, 0) is 6.92 Å². The van der Waals surface area contributed by atoms with E-state index in [4.69, 9.17) is 0 Å². The molecule has 0 spiro atoms. The van der Waals surface area contributed by atoms with Crippen LogP contribution in [0.3, 0.4) is 0 Å². The molecule has 0 aromatic carbocycles. The van der Waals surface area contributed by atoms with Gasteiger partial charge < -0.3 is 4.74 Å². The molecule has 0 aliphatic heterocycles. The molecule has 0 bridgehead atoms. The van der Waals surface area contributed by atoms with Crippen molar-refractivity contribution in [2.45, 2.75) is 25.8 Å². The predicted molar refractivity (Wildman–Crippen MR) is 28.6 cm³/mol. The molecule has 0 saturated carbocycles. The SMILES string of the molecule is CCOC(F)C(F)(F)OC(F)(F)F. The normalized spacial score (nSPS) is 15.9. The number of alkyl halides is 6. The third-order valence-corrected chi connectivity index (χ3v) is 0.829. The van der Waals surface area contributed by atoms with Crippen LogP contribution in [0.1, 0.15) is 6.92 Å². The first kappa shape index (κ1) is 12.5. The van der Waals surface area contributed by atoms with Gasteiger partial charge in [0.1, 0.15) is 0 Å². The van der Waals surface area contributed by atoms with E-state index in [-0.39, 0.29) is 0 Å². The smallest absolute Gasteiger partial charge is 0.342 e. The summed E-state index contributed by atoms with van der Waals surface area (Å²) in [6.07, 6.45) is -14.1. The third kappa shape index (κ3) is 4.94. The Morgan fingerprint density at radius 2 is 1.62 bits per heavy atom. The molecule has 13 heavy (non-hydrogen) atoms. The van der Waals surface area contributed by atoms with Crippen LogP contribution in [-0.4, -0.2) is 25.4 Å². The molecule has 0 aromatic rings. The first-order valence-electron chi connectivity index (χ1n) is 3.09. The second-order valence-corrected chi connectivity index (χ2v) is 1.88. The van der Waals surface area contributed by atoms with E-state index in [0.29, 0.717) is 0 Å². The Hall–Kier alpha value is -0.500. The van der Waals surface area contributed by atoms with E-state index in [2.05, 4.69) is 9.47 Å². The fourth-order valence-corrected chi connectivity index (χ4v) is 0.444. The molecule has 0 fully saturated rings. The number of halogens is 6. The number of hydrogen-bond acceptors (Lipinski definition) is 2. The van der Waals surface area contributed by atoms with Crippen LogP contribution in [0.5, 0.6) is 0 Å². The second-order valence-electron chi connectivity index (χ2n) is 1.88. The molecular weight excluding hydrogens is 206 g/mol. The predicted octanol–water partition coefficient (Wildman–Crippen LogP) is 2.45. The van der Waals surface area contributed by atoms with Gasteiger partial charge in [-0.3, -0.25) is 0 Å². The van der Waals surface area contributed by atoms with Crippen LogP contribution in [0.15, 0.2) is 0 Å². The Bertz CT molecular complexity index is 156. The molecule has 8 heteroatoms. The van der Waals surface area contributed by atoms with Crippen molar-refractivity contribution < 1.29 is 35.8 Å². The Morgan fingerprint density at radius 1 is 1.15 bits per heavy atom.